The number of rotatable bonds is 9. The van der Waals surface area contributed by atoms with E-state index in [4.69, 9.17) is 0 Å². The average molecular weight is 528 g/mol. The third kappa shape index (κ3) is 8.10. The van der Waals surface area contributed by atoms with Gasteiger partial charge in [0.25, 0.3) is 0 Å². The van der Waals surface area contributed by atoms with Crippen molar-refractivity contribution >= 4 is 39.8 Å². The first-order valence-corrected chi connectivity index (χ1v) is 11.8. The zero-order valence-corrected chi connectivity index (χ0v) is 20.1. The van der Waals surface area contributed by atoms with Crippen LogP contribution in [0.5, 0.6) is 0 Å². The fraction of sp³-hybridized carbons (Fsp3) is 0.824. The largest absolute Gasteiger partial charge is 0.357 e. The number of sulfone groups is 1. The molecule has 0 saturated heterocycles. The number of guanidine groups is 1. The first kappa shape index (κ1) is 24.9. The van der Waals surface area contributed by atoms with Crippen molar-refractivity contribution in [1.29, 1.82) is 0 Å². The highest BCUT2D eigenvalue weighted by Gasteiger charge is 2.16. The lowest BCUT2D eigenvalue weighted by Crippen LogP contribution is -2.43. The van der Waals surface area contributed by atoms with Crippen LogP contribution >= 0.6 is 24.0 Å². The maximum atomic E-state index is 12.3. The molecule has 1 atom stereocenters. The molecule has 0 fully saturated rings. The van der Waals surface area contributed by atoms with Gasteiger partial charge in [-0.15, -0.1) is 24.0 Å². The van der Waals surface area contributed by atoms with Gasteiger partial charge in [-0.1, -0.05) is 0 Å². The molecule has 0 radical (unpaired) electrons. The van der Waals surface area contributed by atoms with Crippen LogP contribution < -0.4 is 16.3 Å². The molecular weight excluding hydrogens is 495 g/mol. The maximum Gasteiger partial charge on any atom is 0.345 e. The van der Waals surface area contributed by atoms with E-state index in [9.17, 15) is 13.2 Å². The molecule has 0 amide bonds. The van der Waals surface area contributed by atoms with Crippen LogP contribution in [0.3, 0.4) is 0 Å². The van der Waals surface area contributed by atoms with Crippen molar-refractivity contribution in [3.63, 3.8) is 0 Å². The summed E-state index contributed by atoms with van der Waals surface area (Å²) in [5.41, 5.74) is -0.0203. The molecule has 2 heterocycles. The highest BCUT2D eigenvalue weighted by Crippen LogP contribution is 2.09. The number of halogens is 1. The molecule has 0 spiro atoms. The summed E-state index contributed by atoms with van der Waals surface area (Å²) < 4.78 is 25.9. The number of nitrogens with zero attached hydrogens (tertiary/aromatic N) is 4. The van der Waals surface area contributed by atoms with Gasteiger partial charge in [-0.2, -0.15) is 5.10 Å². The molecule has 1 unspecified atom stereocenters. The molecule has 162 valence electrons. The number of hydrogen-bond donors (Lipinski definition) is 2. The molecule has 2 rings (SSSR count). The van der Waals surface area contributed by atoms with Gasteiger partial charge in [-0.05, 0) is 39.5 Å². The van der Waals surface area contributed by atoms with Crippen molar-refractivity contribution < 1.29 is 8.42 Å². The minimum atomic E-state index is -2.97. The van der Waals surface area contributed by atoms with Crippen LogP contribution in [0, 0.1) is 0 Å². The maximum absolute atomic E-state index is 12.3. The van der Waals surface area contributed by atoms with Crippen molar-refractivity contribution in [2.75, 3.05) is 25.1 Å². The number of aromatic nitrogens is 3. The fourth-order valence-electron chi connectivity index (χ4n) is 3.02. The lowest BCUT2D eigenvalue weighted by Gasteiger charge is -2.17. The Morgan fingerprint density at radius 3 is 2.75 bits per heavy atom. The van der Waals surface area contributed by atoms with E-state index >= 15 is 0 Å². The summed E-state index contributed by atoms with van der Waals surface area (Å²) in [4.78, 5) is 16.8. The summed E-state index contributed by atoms with van der Waals surface area (Å²) in [6, 6.07) is 0.00000894. The van der Waals surface area contributed by atoms with Gasteiger partial charge in [-0.3, -0.25) is 9.56 Å². The Labute approximate surface area is 184 Å². The van der Waals surface area contributed by atoms with E-state index in [1.165, 1.54) is 6.26 Å². The number of fused-ring (bicyclic) bond motifs is 1. The van der Waals surface area contributed by atoms with Crippen LogP contribution in [-0.2, 0) is 29.3 Å². The number of aliphatic imine (C=N–C) groups is 1. The molecule has 1 aromatic heterocycles. The molecule has 1 aliphatic rings. The minimum Gasteiger partial charge on any atom is -0.357 e. The zero-order chi connectivity index (χ0) is 19.9. The lowest BCUT2D eigenvalue weighted by atomic mass is 10.2. The SMILES string of the molecule is CCNC(=NCCCn1nc2n(c1=O)CCCC2)NC(C)CCS(C)(=O)=O.I. The molecule has 0 aliphatic carbocycles. The molecular formula is C17H33IN6O3S. The number of hydrogen-bond acceptors (Lipinski definition) is 5. The molecule has 28 heavy (non-hydrogen) atoms. The van der Waals surface area contributed by atoms with Crippen LogP contribution in [0.2, 0.25) is 0 Å². The summed E-state index contributed by atoms with van der Waals surface area (Å²) in [5, 5.41) is 10.8. The van der Waals surface area contributed by atoms with Crippen LogP contribution in [0.4, 0.5) is 0 Å². The number of nitrogens with one attached hydrogen (secondary N) is 2. The van der Waals surface area contributed by atoms with Gasteiger partial charge in [0.2, 0.25) is 0 Å². The second-order valence-electron chi connectivity index (χ2n) is 7.11. The fourth-order valence-corrected chi connectivity index (χ4v) is 3.80. The van der Waals surface area contributed by atoms with E-state index in [2.05, 4.69) is 20.7 Å². The smallest absolute Gasteiger partial charge is 0.345 e. The van der Waals surface area contributed by atoms with E-state index in [-0.39, 0.29) is 41.5 Å². The van der Waals surface area contributed by atoms with Crippen molar-refractivity contribution in [1.82, 2.24) is 25.0 Å². The van der Waals surface area contributed by atoms with Gasteiger partial charge in [0.1, 0.15) is 15.7 Å². The van der Waals surface area contributed by atoms with Gasteiger partial charge in [0.05, 0.1) is 5.75 Å². The van der Waals surface area contributed by atoms with Crippen molar-refractivity contribution in [2.45, 2.75) is 65.1 Å². The minimum absolute atomic E-state index is 0. The molecule has 2 N–H and O–H groups in total. The molecule has 1 aromatic rings. The number of aryl methyl sites for hydroxylation is 2. The summed E-state index contributed by atoms with van der Waals surface area (Å²) in [7, 11) is -2.97. The average Bonchev–Trinajstić information content (AvgIpc) is 2.93. The van der Waals surface area contributed by atoms with Gasteiger partial charge < -0.3 is 10.6 Å². The summed E-state index contributed by atoms with van der Waals surface area (Å²) in [6.45, 7) is 6.51. The normalized spacial score (nSPS) is 15.5. The Kier molecular flexibility index (Phi) is 10.5. The van der Waals surface area contributed by atoms with Gasteiger partial charge >= 0.3 is 5.69 Å². The summed E-state index contributed by atoms with van der Waals surface area (Å²) >= 11 is 0. The molecule has 0 aromatic carbocycles. The third-order valence-corrected chi connectivity index (χ3v) is 5.46. The first-order chi connectivity index (χ1) is 12.8. The van der Waals surface area contributed by atoms with Crippen LogP contribution in [-0.4, -0.2) is 59.9 Å². The van der Waals surface area contributed by atoms with Crippen LogP contribution in [0.1, 0.15) is 45.4 Å². The quantitative estimate of drug-likeness (QED) is 0.212. The predicted molar refractivity (Wildman–Crippen MR) is 122 cm³/mol. The van der Waals surface area contributed by atoms with Crippen molar-refractivity contribution in [3.05, 3.63) is 16.3 Å². The van der Waals surface area contributed by atoms with Crippen LogP contribution in [0.15, 0.2) is 9.79 Å². The predicted octanol–water partition coefficient (Wildman–Crippen LogP) is 0.768. The highest BCUT2D eigenvalue weighted by molar-refractivity contribution is 14.0. The molecule has 1 aliphatic heterocycles. The summed E-state index contributed by atoms with van der Waals surface area (Å²) in [6.07, 6.45) is 5.49. The van der Waals surface area contributed by atoms with E-state index in [0.717, 1.165) is 38.2 Å². The van der Waals surface area contributed by atoms with Crippen LogP contribution in [0.25, 0.3) is 0 Å². The molecule has 0 bridgehead atoms. The zero-order valence-electron chi connectivity index (χ0n) is 17.0. The van der Waals surface area contributed by atoms with E-state index in [0.29, 0.717) is 31.9 Å². The Morgan fingerprint density at radius 2 is 2.11 bits per heavy atom. The van der Waals surface area contributed by atoms with E-state index in [1.807, 2.05) is 13.8 Å². The Hall–Kier alpha value is -1.11. The third-order valence-electron chi connectivity index (χ3n) is 4.48. The highest BCUT2D eigenvalue weighted by atomic mass is 127. The lowest BCUT2D eigenvalue weighted by molar-refractivity contribution is 0.509. The van der Waals surface area contributed by atoms with E-state index < -0.39 is 9.84 Å². The molecule has 0 saturated carbocycles. The summed E-state index contributed by atoms with van der Waals surface area (Å²) in [5.74, 6) is 1.70. The van der Waals surface area contributed by atoms with Crippen molar-refractivity contribution in [2.24, 2.45) is 4.99 Å². The van der Waals surface area contributed by atoms with Gasteiger partial charge in [0, 0.05) is 44.9 Å². The second-order valence-corrected chi connectivity index (χ2v) is 9.37. The van der Waals surface area contributed by atoms with Gasteiger partial charge in [0.15, 0.2) is 5.96 Å². The molecule has 9 nitrogen and oxygen atoms in total. The molecule has 11 heteroatoms. The standard InChI is InChI=1S/C17H32N6O3S.HI/c1-4-18-16(20-14(2)9-13-27(3,25)26)19-10-7-12-23-17(24)22-11-6-5-8-15(22)21-23;/h14H,4-13H2,1-3H3,(H2,18,19,20);1H. The van der Waals surface area contributed by atoms with E-state index in [1.54, 1.807) is 9.25 Å². The Bertz CT molecular complexity index is 802. The van der Waals surface area contributed by atoms with Gasteiger partial charge in [-0.25, -0.2) is 17.9 Å². The monoisotopic (exact) mass is 528 g/mol. The Balaban J connectivity index is 0.00000392. The topological polar surface area (TPSA) is 110 Å². The second kappa shape index (κ2) is 11.8. The Morgan fingerprint density at radius 1 is 1.36 bits per heavy atom. The first-order valence-electron chi connectivity index (χ1n) is 9.69. The van der Waals surface area contributed by atoms with Crippen molar-refractivity contribution in [3.8, 4) is 0 Å².